The summed E-state index contributed by atoms with van der Waals surface area (Å²) in [7, 11) is 3.43. The van der Waals surface area contributed by atoms with E-state index in [0.29, 0.717) is 26.7 Å². The van der Waals surface area contributed by atoms with Gasteiger partial charge in [-0.15, -0.1) is 10.2 Å². The van der Waals surface area contributed by atoms with Crippen LogP contribution < -0.4 is 10.2 Å². The fourth-order valence-corrected chi connectivity index (χ4v) is 3.51. The number of nitrogens with zero attached hydrogens (tertiary/aromatic N) is 4. The van der Waals surface area contributed by atoms with Gasteiger partial charge in [-0.2, -0.15) is 5.10 Å². The molecule has 1 N–H and O–H groups in total. The number of rotatable bonds is 6. The minimum absolute atomic E-state index is 0.216. The molecule has 0 atom stereocenters. The van der Waals surface area contributed by atoms with Crippen LogP contribution in [0, 0.1) is 0 Å². The maximum absolute atomic E-state index is 12.1. The maximum atomic E-state index is 12.1. The van der Waals surface area contributed by atoms with Crippen molar-refractivity contribution < 1.29 is 9.53 Å². The predicted octanol–water partition coefficient (Wildman–Crippen LogP) is 4.90. The molecule has 29 heavy (non-hydrogen) atoms. The first kappa shape index (κ1) is 21.2. The van der Waals surface area contributed by atoms with Crippen molar-refractivity contribution in [3.63, 3.8) is 0 Å². The number of thioether (sulfide) groups is 1. The van der Waals surface area contributed by atoms with Crippen molar-refractivity contribution in [1.29, 1.82) is 0 Å². The van der Waals surface area contributed by atoms with Crippen molar-refractivity contribution >= 4 is 51.5 Å². The van der Waals surface area contributed by atoms with Gasteiger partial charge in [0.15, 0.2) is 21.8 Å². The molecule has 0 unspecified atom stereocenters. The van der Waals surface area contributed by atoms with Crippen LogP contribution in [0.2, 0.25) is 10.0 Å². The van der Waals surface area contributed by atoms with Crippen molar-refractivity contribution in [3.05, 3.63) is 52.5 Å². The Hall–Kier alpha value is -2.55. The Balaban J connectivity index is 1.82. The lowest BCUT2D eigenvalue weighted by Crippen LogP contribution is -2.09. The van der Waals surface area contributed by atoms with E-state index in [9.17, 15) is 4.79 Å². The lowest BCUT2D eigenvalue weighted by molar-refractivity contribution is -0.110. The number of benzene rings is 2. The molecule has 7 nitrogen and oxygen atoms in total. The van der Waals surface area contributed by atoms with Gasteiger partial charge >= 0.3 is 0 Å². The number of methoxy groups -OCH3 is 1. The molecule has 0 spiro atoms. The van der Waals surface area contributed by atoms with Crippen LogP contribution in [0.25, 0.3) is 11.4 Å². The zero-order valence-electron chi connectivity index (χ0n) is 15.8. The Bertz CT molecular complexity index is 1070. The molecule has 150 valence electrons. The van der Waals surface area contributed by atoms with Gasteiger partial charge in [0.1, 0.15) is 5.75 Å². The van der Waals surface area contributed by atoms with E-state index in [2.05, 4.69) is 20.7 Å². The Morgan fingerprint density at radius 2 is 1.90 bits per heavy atom. The number of ether oxygens (including phenoxy) is 1. The summed E-state index contributed by atoms with van der Waals surface area (Å²) in [6, 6.07) is 12.4. The molecule has 0 aliphatic rings. The van der Waals surface area contributed by atoms with Crippen molar-refractivity contribution in [3.8, 4) is 17.1 Å². The summed E-state index contributed by atoms with van der Waals surface area (Å²) in [4.78, 5) is 12.1. The maximum Gasteiger partial charge on any atom is 0.197 e. The highest BCUT2D eigenvalue weighted by Gasteiger charge is 2.17. The van der Waals surface area contributed by atoms with Crippen molar-refractivity contribution in [2.45, 2.75) is 12.1 Å². The molecule has 10 heteroatoms. The highest BCUT2D eigenvalue weighted by molar-refractivity contribution is 8.15. The molecule has 0 aliphatic carbocycles. The van der Waals surface area contributed by atoms with Gasteiger partial charge in [-0.1, -0.05) is 23.2 Å². The Morgan fingerprint density at radius 3 is 2.52 bits per heavy atom. The quantitative estimate of drug-likeness (QED) is 0.249. The Kier molecular flexibility index (Phi) is 6.79. The molecule has 0 fully saturated rings. The average molecular weight is 450 g/mol. The number of carbonyl (C=O) groups excluding carboxylic acids is 1. The number of ketones is 1. The topological polar surface area (TPSA) is 81.4 Å². The fraction of sp³-hybridized carbons (Fsp3) is 0.158. The van der Waals surface area contributed by atoms with Crippen molar-refractivity contribution in [2.24, 2.45) is 12.1 Å². The zero-order valence-corrected chi connectivity index (χ0v) is 18.1. The third kappa shape index (κ3) is 5.09. The standard InChI is InChI=1S/C19H17Cl2N5O2S/c1-11(27)18(24-22-16-9-6-13(20)10-15(16)21)29-19-25-23-17(26(19)2)12-4-7-14(28-3)8-5-12/h4-10,22H,1-3H3/b24-18+. The van der Waals surface area contributed by atoms with E-state index in [1.807, 2.05) is 31.3 Å². The second-order valence-electron chi connectivity index (χ2n) is 5.90. The first-order chi connectivity index (χ1) is 13.9. The Morgan fingerprint density at radius 1 is 1.17 bits per heavy atom. The molecular weight excluding hydrogens is 433 g/mol. The molecule has 0 saturated carbocycles. The van der Waals surface area contributed by atoms with Crippen LogP contribution in [0.1, 0.15) is 6.92 Å². The fourth-order valence-electron chi connectivity index (χ4n) is 2.35. The lowest BCUT2D eigenvalue weighted by atomic mass is 10.2. The molecule has 0 bridgehead atoms. The van der Waals surface area contributed by atoms with Gasteiger partial charge in [-0.05, 0) is 54.2 Å². The van der Waals surface area contributed by atoms with Gasteiger partial charge in [0.05, 0.1) is 17.8 Å². The molecule has 1 heterocycles. The van der Waals surface area contributed by atoms with Gasteiger partial charge in [0.25, 0.3) is 0 Å². The van der Waals surface area contributed by atoms with Crippen LogP contribution in [0.5, 0.6) is 5.75 Å². The lowest BCUT2D eigenvalue weighted by Gasteiger charge is -2.07. The highest BCUT2D eigenvalue weighted by atomic mass is 35.5. The number of nitrogens with one attached hydrogen (secondary N) is 1. The summed E-state index contributed by atoms with van der Waals surface area (Å²) in [5.74, 6) is 1.19. The second kappa shape index (κ2) is 9.30. The van der Waals surface area contributed by atoms with Gasteiger partial charge in [0.2, 0.25) is 0 Å². The smallest absolute Gasteiger partial charge is 0.197 e. The third-order valence-corrected chi connectivity index (χ3v) is 5.54. The van der Waals surface area contributed by atoms with Gasteiger partial charge in [-0.25, -0.2) is 0 Å². The molecular formula is C19H17Cl2N5O2S. The molecule has 0 radical (unpaired) electrons. The van der Waals surface area contributed by atoms with Crippen LogP contribution in [-0.4, -0.2) is 32.7 Å². The summed E-state index contributed by atoms with van der Waals surface area (Å²) in [6.45, 7) is 1.43. The molecule has 0 saturated heterocycles. The number of hydrogen-bond donors (Lipinski definition) is 1. The van der Waals surface area contributed by atoms with E-state index in [-0.39, 0.29) is 10.8 Å². The zero-order chi connectivity index (χ0) is 21.0. The van der Waals surface area contributed by atoms with Crippen LogP contribution >= 0.6 is 35.0 Å². The summed E-state index contributed by atoms with van der Waals surface area (Å²) in [6.07, 6.45) is 0. The summed E-state index contributed by atoms with van der Waals surface area (Å²) in [5, 5.41) is 14.2. The minimum atomic E-state index is -0.221. The number of carbonyl (C=O) groups is 1. The normalized spacial score (nSPS) is 11.4. The van der Waals surface area contributed by atoms with Crippen molar-refractivity contribution in [2.75, 3.05) is 12.5 Å². The number of aromatic nitrogens is 3. The molecule has 2 aromatic carbocycles. The molecule has 1 aromatic heterocycles. The summed E-state index contributed by atoms with van der Waals surface area (Å²) in [5.41, 5.74) is 4.21. The van der Waals surface area contributed by atoms with E-state index < -0.39 is 0 Å². The molecule has 3 rings (SSSR count). The van der Waals surface area contributed by atoms with Crippen LogP contribution in [-0.2, 0) is 11.8 Å². The van der Waals surface area contributed by atoms with Crippen LogP contribution in [0.15, 0.2) is 52.7 Å². The number of hydrazone groups is 1. The minimum Gasteiger partial charge on any atom is -0.497 e. The summed E-state index contributed by atoms with van der Waals surface area (Å²) >= 11 is 13.1. The van der Waals surface area contributed by atoms with E-state index >= 15 is 0 Å². The first-order valence-corrected chi connectivity index (χ1v) is 9.97. The summed E-state index contributed by atoms with van der Waals surface area (Å²) < 4.78 is 6.97. The van der Waals surface area contributed by atoms with Gasteiger partial charge in [0, 0.05) is 24.6 Å². The van der Waals surface area contributed by atoms with E-state index in [4.69, 9.17) is 27.9 Å². The van der Waals surface area contributed by atoms with Crippen LogP contribution in [0.4, 0.5) is 5.69 Å². The Labute approximate surface area is 182 Å². The van der Waals surface area contributed by atoms with Crippen LogP contribution in [0.3, 0.4) is 0 Å². The second-order valence-corrected chi connectivity index (χ2v) is 7.70. The molecule has 0 aliphatic heterocycles. The number of Topliss-reactive ketones (excluding diaryl/α,β-unsaturated/α-hetero) is 1. The predicted molar refractivity (Wildman–Crippen MR) is 117 cm³/mol. The van der Waals surface area contributed by atoms with Gasteiger partial charge < -0.3 is 9.30 Å². The SMILES string of the molecule is COc1ccc(-c2nnc(S/C(=N/Nc3ccc(Cl)cc3Cl)C(C)=O)n2C)cc1. The van der Waals surface area contributed by atoms with Crippen molar-refractivity contribution in [1.82, 2.24) is 14.8 Å². The highest BCUT2D eigenvalue weighted by Crippen LogP contribution is 2.27. The largest absolute Gasteiger partial charge is 0.497 e. The molecule has 0 amide bonds. The monoisotopic (exact) mass is 449 g/mol. The molecule has 3 aromatic rings. The van der Waals surface area contributed by atoms with E-state index in [1.165, 1.54) is 6.92 Å². The number of anilines is 1. The third-order valence-electron chi connectivity index (χ3n) is 3.88. The van der Waals surface area contributed by atoms with E-state index in [1.54, 1.807) is 29.9 Å². The van der Waals surface area contributed by atoms with E-state index in [0.717, 1.165) is 23.1 Å². The average Bonchev–Trinajstić information content (AvgIpc) is 3.06. The number of halogens is 2. The first-order valence-electron chi connectivity index (χ1n) is 8.40. The van der Waals surface area contributed by atoms with Gasteiger partial charge in [-0.3, -0.25) is 10.2 Å². The number of hydrogen-bond acceptors (Lipinski definition) is 7.